The van der Waals surface area contributed by atoms with Crippen LogP contribution in [0.4, 0.5) is 0 Å². The van der Waals surface area contributed by atoms with Gasteiger partial charge in [-0.25, -0.2) is 9.97 Å². The predicted octanol–water partition coefficient (Wildman–Crippen LogP) is 3.03. The van der Waals surface area contributed by atoms with E-state index in [1.165, 1.54) is 22.2 Å². The van der Waals surface area contributed by atoms with E-state index in [9.17, 15) is 9.59 Å². The molecule has 1 fully saturated rings. The number of thiophene rings is 2. The minimum atomic E-state index is -0.220. The van der Waals surface area contributed by atoms with E-state index in [0.717, 1.165) is 40.2 Å². The number of hydrogen-bond donors (Lipinski definition) is 1. The van der Waals surface area contributed by atoms with Crippen LogP contribution in [-0.4, -0.2) is 39.7 Å². The molecule has 0 radical (unpaired) electrons. The first-order chi connectivity index (χ1) is 14.2. The van der Waals surface area contributed by atoms with E-state index in [1.54, 1.807) is 11.3 Å². The fourth-order valence-corrected chi connectivity index (χ4v) is 5.24. The van der Waals surface area contributed by atoms with Crippen LogP contribution in [0.1, 0.15) is 12.8 Å². The normalized spacial score (nSPS) is 16.6. The van der Waals surface area contributed by atoms with Crippen molar-refractivity contribution >= 4 is 49.0 Å². The van der Waals surface area contributed by atoms with Gasteiger partial charge in [-0.05, 0) is 36.4 Å². The number of carbonyl (C=O) groups excluding carboxylic acids is 1. The van der Waals surface area contributed by atoms with E-state index < -0.39 is 0 Å². The van der Waals surface area contributed by atoms with E-state index >= 15 is 0 Å². The molecule has 1 amide bonds. The average molecular weight is 427 g/mol. The van der Waals surface area contributed by atoms with Gasteiger partial charge in [0.15, 0.2) is 0 Å². The Hall–Kier alpha value is -2.62. The standard InChI is InChI=1S/C20H18N4O3S2/c25-16(21-9-12-3-1-7-27-12)10-24-11-22-17-13-5-6-14(15-4-2-8-28-15)23-19(13)29-18(17)20(24)26/h2,4-6,8,11-12H,1,3,7,9-10H2,(H,21,25)/t12-/m1/s1. The number of fused-ring (bicyclic) bond motifs is 3. The Balaban J connectivity index is 1.42. The minimum absolute atomic E-state index is 0.0589. The molecule has 1 aliphatic heterocycles. The number of pyridine rings is 1. The molecule has 7 nitrogen and oxygen atoms in total. The Morgan fingerprint density at radius 3 is 3.07 bits per heavy atom. The fourth-order valence-electron chi connectivity index (χ4n) is 3.47. The number of amides is 1. The number of aromatic nitrogens is 3. The van der Waals surface area contributed by atoms with Crippen LogP contribution in [0.5, 0.6) is 0 Å². The molecule has 5 rings (SSSR count). The molecular formula is C20H18N4O3S2. The lowest BCUT2D eigenvalue weighted by atomic mass is 10.2. The summed E-state index contributed by atoms with van der Waals surface area (Å²) < 4.78 is 7.37. The Bertz CT molecular complexity index is 1240. The zero-order chi connectivity index (χ0) is 19.8. The second kappa shape index (κ2) is 7.66. The maximum absolute atomic E-state index is 12.9. The maximum atomic E-state index is 12.9. The van der Waals surface area contributed by atoms with Gasteiger partial charge in [0.1, 0.15) is 16.1 Å². The highest BCUT2D eigenvalue weighted by atomic mass is 32.1. The molecule has 29 heavy (non-hydrogen) atoms. The first-order valence-electron chi connectivity index (χ1n) is 9.40. The summed E-state index contributed by atoms with van der Waals surface area (Å²) in [4.78, 5) is 36.2. The van der Waals surface area contributed by atoms with Crippen molar-refractivity contribution in [3.63, 3.8) is 0 Å². The first kappa shape index (κ1) is 18.4. The molecule has 4 aromatic heterocycles. The number of nitrogens with one attached hydrogen (secondary N) is 1. The van der Waals surface area contributed by atoms with Gasteiger partial charge in [-0.3, -0.25) is 14.2 Å². The SMILES string of the molecule is O=C(Cn1cnc2c(sc3nc(-c4cccs4)ccc32)c1=O)NC[C@H]1CCCO1. The van der Waals surface area contributed by atoms with Gasteiger partial charge >= 0.3 is 0 Å². The molecule has 9 heteroatoms. The smallest absolute Gasteiger partial charge is 0.271 e. The van der Waals surface area contributed by atoms with Crippen LogP contribution >= 0.6 is 22.7 Å². The average Bonchev–Trinajstić information content (AvgIpc) is 3.49. The second-order valence-corrected chi connectivity index (χ2v) is 8.87. The third-order valence-electron chi connectivity index (χ3n) is 4.95. The van der Waals surface area contributed by atoms with E-state index in [4.69, 9.17) is 9.72 Å². The van der Waals surface area contributed by atoms with Crippen molar-refractivity contribution in [2.45, 2.75) is 25.5 Å². The van der Waals surface area contributed by atoms with Gasteiger partial charge in [0.25, 0.3) is 5.56 Å². The van der Waals surface area contributed by atoms with Gasteiger partial charge < -0.3 is 10.1 Å². The third kappa shape index (κ3) is 3.57. The lowest BCUT2D eigenvalue weighted by Gasteiger charge is -2.11. The molecule has 1 saturated heterocycles. The lowest BCUT2D eigenvalue weighted by Crippen LogP contribution is -2.36. The van der Waals surface area contributed by atoms with Gasteiger partial charge in [-0.15, -0.1) is 22.7 Å². The fraction of sp³-hybridized carbons (Fsp3) is 0.300. The zero-order valence-corrected chi connectivity index (χ0v) is 17.1. The Morgan fingerprint density at radius 2 is 2.28 bits per heavy atom. The summed E-state index contributed by atoms with van der Waals surface area (Å²) in [6, 6.07) is 7.92. The third-order valence-corrected chi connectivity index (χ3v) is 6.92. The Morgan fingerprint density at radius 1 is 1.34 bits per heavy atom. The molecule has 0 aromatic carbocycles. The van der Waals surface area contributed by atoms with Crippen molar-refractivity contribution in [1.82, 2.24) is 19.9 Å². The van der Waals surface area contributed by atoms with Gasteiger partial charge in [-0.1, -0.05) is 6.07 Å². The Labute approximate surface area is 174 Å². The summed E-state index contributed by atoms with van der Waals surface area (Å²) in [6.45, 7) is 1.16. The Kier molecular flexibility index (Phi) is 4.86. The van der Waals surface area contributed by atoms with Crippen molar-refractivity contribution < 1.29 is 9.53 Å². The molecule has 1 N–H and O–H groups in total. The summed E-state index contributed by atoms with van der Waals surface area (Å²) in [7, 11) is 0. The highest BCUT2D eigenvalue weighted by molar-refractivity contribution is 7.25. The lowest BCUT2D eigenvalue weighted by molar-refractivity contribution is -0.122. The van der Waals surface area contributed by atoms with Crippen LogP contribution in [-0.2, 0) is 16.1 Å². The summed E-state index contributed by atoms with van der Waals surface area (Å²) in [5.41, 5.74) is 1.30. The number of rotatable bonds is 5. The summed E-state index contributed by atoms with van der Waals surface area (Å²) >= 11 is 2.95. The number of hydrogen-bond acceptors (Lipinski definition) is 7. The molecule has 0 bridgehead atoms. The quantitative estimate of drug-likeness (QED) is 0.530. The van der Waals surface area contributed by atoms with Gasteiger partial charge in [0.05, 0.1) is 28.5 Å². The topological polar surface area (TPSA) is 86.1 Å². The summed E-state index contributed by atoms with van der Waals surface area (Å²) in [6.07, 6.45) is 3.49. The molecular weight excluding hydrogens is 408 g/mol. The van der Waals surface area contributed by atoms with Crippen molar-refractivity contribution in [2.75, 3.05) is 13.2 Å². The van der Waals surface area contributed by atoms with Crippen LogP contribution in [0.15, 0.2) is 40.8 Å². The molecule has 1 aliphatic rings. The second-order valence-electron chi connectivity index (χ2n) is 6.92. The van der Waals surface area contributed by atoms with Crippen molar-refractivity contribution in [3.05, 3.63) is 46.3 Å². The van der Waals surface area contributed by atoms with Crippen LogP contribution in [0.3, 0.4) is 0 Å². The van der Waals surface area contributed by atoms with Crippen molar-refractivity contribution in [1.29, 1.82) is 0 Å². The predicted molar refractivity (Wildman–Crippen MR) is 114 cm³/mol. The molecule has 0 saturated carbocycles. The van der Waals surface area contributed by atoms with Crippen molar-refractivity contribution in [2.24, 2.45) is 0 Å². The van der Waals surface area contributed by atoms with Crippen LogP contribution in [0, 0.1) is 0 Å². The van der Waals surface area contributed by atoms with Gasteiger partial charge in [-0.2, -0.15) is 0 Å². The molecule has 0 aliphatic carbocycles. The number of carbonyl (C=O) groups is 1. The van der Waals surface area contributed by atoms with Gasteiger partial charge in [0, 0.05) is 18.5 Å². The molecule has 4 aromatic rings. The highest BCUT2D eigenvalue weighted by Crippen LogP contribution is 2.32. The van der Waals surface area contributed by atoms with E-state index in [2.05, 4.69) is 10.3 Å². The van der Waals surface area contributed by atoms with E-state index in [0.29, 0.717) is 16.8 Å². The zero-order valence-electron chi connectivity index (χ0n) is 15.5. The highest BCUT2D eigenvalue weighted by Gasteiger charge is 2.18. The summed E-state index contributed by atoms with van der Waals surface area (Å²) in [5, 5.41) is 5.71. The minimum Gasteiger partial charge on any atom is -0.376 e. The first-order valence-corrected chi connectivity index (χ1v) is 11.1. The van der Waals surface area contributed by atoms with Crippen LogP contribution in [0.25, 0.3) is 31.0 Å². The van der Waals surface area contributed by atoms with E-state index in [-0.39, 0.29) is 24.1 Å². The molecule has 1 atom stereocenters. The van der Waals surface area contributed by atoms with Crippen LogP contribution < -0.4 is 10.9 Å². The summed E-state index contributed by atoms with van der Waals surface area (Å²) in [5.74, 6) is -0.219. The van der Waals surface area contributed by atoms with Gasteiger partial charge in [0.2, 0.25) is 5.91 Å². The molecule has 148 valence electrons. The number of ether oxygens (including phenoxy) is 1. The maximum Gasteiger partial charge on any atom is 0.271 e. The monoisotopic (exact) mass is 426 g/mol. The molecule has 5 heterocycles. The largest absolute Gasteiger partial charge is 0.376 e. The number of nitrogens with zero attached hydrogens (tertiary/aromatic N) is 3. The molecule has 0 spiro atoms. The van der Waals surface area contributed by atoms with E-state index in [1.807, 2.05) is 29.6 Å². The molecule has 0 unspecified atom stereocenters. The van der Waals surface area contributed by atoms with Crippen molar-refractivity contribution in [3.8, 4) is 10.6 Å². The van der Waals surface area contributed by atoms with Crippen LogP contribution in [0.2, 0.25) is 0 Å².